The zero-order chi connectivity index (χ0) is 67.3. The Kier molecular flexibility index (Phi) is 61.5. The van der Waals surface area contributed by atoms with Gasteiger partial charge in [0.15, 0.2) is 12.2 Å². The second-order valence-corrected chi connectivity index (χ2v) is 29.8. The van der Waals surface area contributed by atoms with Gasteiger partial charge in [-0.2, -0.15) is 0 Å². The maximum atomic E-state index is 13.0. The van der Waals surface area contributed by atoms with Gasteiger partial charge in [-0.25, -0.2) is 9.13 Å². The van der Waals surface area contributed by atoms with E-state index in [1.165, 1.54) is 167 Å². The summed E-state index contributed by atoms with van der Waals surface area (Å²) in [7, 11) is -9.91. The lowest BCUT2D eigenvalue weighted by atomic mass is 9.99. The largest absolute Gasteiger partial charge is 0.472 e. The van der Waals surface area contributed by atoms with Crippen molar-refractivity contribution in [3.63, 3.8) is 0 Å². The van der Waals surface area contributed by atoms with Crippen LogP contribution in [0.25, 0.3) is 0 Å². The van der Waals surface area contributed by atoms with Gasteiger partial charge in [-0.1, -0.05) is 312 Å². The number of carbonyl (C=O) groups is 4. The molecule has 91 heavy (non-hydrogen) atoms. The molecule has 17 nitrogen and oxygen atoms in total. The third-order valence-corrected chi connectivity index (χ3v) is 19.3. The third kappa shape index (κ3) is 63.9. The van der Waals surface area contributed by atoms with Gasteiger partial charge in [-0.05, 0) is 43.4 Å². The van der Waals surface area contributed by atoms with E-state index in [0.29, 0.717) is 25.7 Å². The average molecular weight is 1340 g/mol. The van der Waals surface area contributed by atoms with Crippen LogP contribution in [0.1, 0.15) is 363 Å². The van der Waals surface area contributed by atoms with Crippen molar-refractivity contribution in [3.8, 4) is 0 Å². The van der Waals surface area contributed by atoms with Crippen LogP contribution in [-0.4, -0.2) is 96.7 Å². The number of aliphatic hydroxyl groups excluding tert-OH is 1. The summed E-state index contributed by atoms with van der Waals surface area (Å²) >= 11 is 0. The van der Waals surface area contributed by atoms with Gasteiger partial charge in [-0.3, -0.25) is 37.3 Å². The van der Waals surface area contributed by atoms with Crippen LogP contribution >= 0.6 is 15.6 Å². The fourth-order valence-corrected chi connectivity index (χ4v) is 12.4. The highest BCUT2D eigenvalue weighted by Crippen LogP contribution is 2.45. The van der Waals surface area contributed by atoms with E-state index in [1.807, 2.05) is 0 Å². The summed E-state index contributed by atoms with van der Waals surface area (Å²) in [4.78, 5) is 72.6. The molecule has 7 atom stereocenters. The molecule has 0 aromatic heterocycles. The first-order valence-corrected chi connectivity index (χ1v) is 40.4. The van der Waals surface area contributed by atoms with Crippen LogP contribution in [0.4, 0.5) is 0 Å². The van der Waals surface area contributed by atoms with Crippen LogP contribution in [0.2, 0.25) is 0 Å². The zero-order valence-electron chi connectivity index (χ0n) is 59.3. The Morgan fingerprint density at radius 1 is 0.319 bits per heavy atom. The summed E-state index contributed by atoms with van der Waals surface area (Å²) in [5.41, 5.74) is 0. The van der Waals surface area contributed by atoms with E-state index in [2.05, 4.69) is 48.5 Å². The van der Waals surface area contributed by atoms with E-state index in [4.69, 9.17) is 37.0 Å². The van der Waals surface area contributed by atoms with E-state index in [0.717, 1.165) is 114 Å². The topological polar surface area (TPSA) is 237 Å². The van der Waals surface area contributed by atoms with Gasteiger partial charge < -0.3 is 33.8 Å². The molecule has 0 bridgehead atoms. The minimum absolute atomic E-state index is 0.106. The number of phosphoric ester groups is 2. The third-order valence-electron chi connectivity index (χ3n) is 17.4. The summed E-state index contributed by atoms with van der Waals surface area (Å²) in [5, 5.41) is 10.6. The molecule has 4 unspecified atom stereocenters. The van der Waals surface area contributed by atoms with Gasteiger partial charge in [-0.15, -0.1) is 0 Å². The molecule has 0 amide bonds. The van der Waals surface area contributed by atoms with E-state index in [-0.39, 0.29) is 25.7 Å². The Balaban J connectivity index is 5.27. The number of rotatable bonds is 70. The first-order chi connectivity index (χ1) is 43.8. The molecule has 19 heteroatoms. The molecular weight excluding hydrogens is 1200 g/mol. The van der Waals surface area contributed by atoms with Crippen molar-refractivity contribution >= 4 is 39.5 Å². The van der Waals surface area contributed by atoms with Crippen LogP contribution in [0.15, 0.2) is 0 Å². The Morgan fingerprint density at radius 2 is 0.560 bits per heavy atom. The molecular formula is C72H140O17P2. The second-order valence-electron chi connectivity index (χ2n) is 26.9. The Bertz CT molecular complexity index is 1790. The van der Waals surface area contributed by atoms with E-state index in [1.54, 1.807) is 0 Å². The summed E-state index contributed by atoms with van der Waals surface area (Å²) in [6.07, 6.45) is 47.0. The first-order valence-electron chi connectivity index (χ1n) is 37.4. The molecule has 0 radical (unpaired) electrons. The molecule has 0 aromatic carbocycles. The molecule has 0 saturated heterocycles. The van der Waals surface area contributed by atoms with Gasteiger partial charge in [0.1, 0.15) is 19.3 Å². The number of phosphoric acid groups is 2. The van der Waals surface area contributed by atoms with Crippen LogP contribution < -0.4 is 0 Å². The smallest absolute Gasteiger partial charge is 0.462 e. The van der Waals surface area contributed by atoms with Crippen molar-refractivity contribution < 1.29 is 80.2 Å². The lowest BCUT2D eigenvalue weighted by molar-refractivity contribution is -0.161. The molecule has 0 aliphatic heterocycles. The van der Waals surface area contributed by atoms with Crippen molar-refractivity contribution in [1.29, 1.82) is 0 Å². The molecule has 0 fully saturated rings. The van der Waals surface area contributed by atoms with Crippen LogP contribution in [0, 0.1) is 17.8 Å². The molecule has 0 heterocycles. The summed E-state index contributed by atoms with van der Waals surface area (Å²) < 4.78 is 68.4. The van der Waals surface area contributed by atoms with Crippen molar-refractivity contribution in [2.45, 2.75) is 381 Å². The number of esters is 4. The highest BCUT2D eigenvalue weighted by molar-refractivity contribution is 7.47. The van der Waals surface area contributed by atoms with Crippen molar-refractivity contribution in [2.75, 3.05) is 39.6 Å². The summed E-state index contributed by atoms with van der Waals surface area (Å²) in [5.74, 6) is 0.194. The SMILES string of the molecule is CCCCCCCCCCCCCCC(=O)O[C@H](COC(=O)CCCCCCCCC(C)CC)COP(=O)(O)OC[C@H](O)COP(=O)(O)OC[C@@H](COC(=O)CCCCCCCCCCCCC(C)CC)OC(=O)CCCCCCCCCCCCCCC(C)C. The van der Waals surface area contributed by atoms with Gasteiger partial charge in [0.25, 0.3) is 0 Å². The van der Waals surface area contributed by atoms with Gasteiger partial charge in [0.05, 0.1) is 26.4 Å². The number of unbranched alkanes of at least 4 members (excludes halogenated alkanes) is 36. The second kappa shape index (κ2) is 62.8. The van der Waals surface area contributed by atoms with Crippen molar-refractivity contribution in [2.24, 2.45) is 17.8 Å². The lowest BCUT2D eigenvalue weighted by Crippen LogP contribution is -2.30. The average Bonchev–Trinajstić information content (AvgIpc) is 3.73. The number of hydrogen-bond acceptors (Lipinski definition) is 15. The highest BCUT2D eigenvalue weighted by atomic mass is 31.2. The maximum Gasteiger partial charge on any atom is 0.472 e. The monoisotopic (exact) mass is 1340 g/mol. The Labute approximate surface area is 556 Å². The molecule has 3 N–H and O–H groups in total. The predicted molar refractivity (Wildman–Crippen MR) is 368 cm³/mol. The molecule has 0 saturated carbocycles. The van der Waals surface area contributed by atoms with E-state index < -0.39 is 97.5 Å². The summed E-state index contributed by atoms with van der Waals surface area (Å²) in [6.45, 7) is 11.9. The summed E-state index contributed by atoms with van der Waals surface area (Å²) in [6, 6.07) is 0. The fourth-order valence-electron chi connectivity index (χ4n) is 10.8. The van der Waals surface area contributed by atoms with Gasteiger partial charge in [0.2, 0.25) is 0 Å². The first kappa shape index (κ1) is 89.1. The fraction of sp³-hybridized carbons (Fsp3) is 0.944. The molecule has 540 valence electrons. The van der Waals surface area contributed by atoms with Gasteiger partial charge in [0, 0.05) is 25.7 Å². The zero-order valence-corrected chi connectivity index (χ0v) is 61.1. The highest BCUT2D eigenvalue weighted by Gasteiger charge is 2.30. The van der Waals surface area contributed by atoms with E-state index >= 15 is 0 Å². The lowest BCUT2D eigenvalue weighted by Gasteiger charge is -2.21. The van der Waals surface area contributed by atoms with Crippen LogP contribution in [0.5, 0.6) is 0 Å². The molecule has 0 spiro atoms. The molecule has 0 aliphatic rings. The predicted octanol–water partition coefficient (Wildman–Crippen LogP) is 20.6. The van der Waals surface area contributed by atoms with E-state index in [9.17, 15) is 43.2 Å². The van der Waals surface area contributed by atoms with Crippen LogP contribution in [0.3, 0.4) is 0 Å². The normalized spacial score (nSPS) is 14.8. The number of ether oxygens (including phenoxy) is 4. The maximum absolute atomic E-state index is 13.0. The minimum Gasteiger partial charge on any atom is -0.462 e. The number of carbonyl (C=O) groups excluding carboxylic acids is 4. The number of aliphatic hydroxyl groups is 1. The van der Waals surface area contributed by atoms with Crippen molar-refractivity contribution in [1.82, 2.24) is 0 Å². The Morgan fingerprint density at radius 3 is 0.835 bits per heavy atom. The minimum atomic E-state index is -4.95. The standard InChI is InChI=1S/C72H140O17P2/c1-8-11-12-13-14-15-16-20-27-32-41-48-55-71(76)89-68(60-83-70(75)54-47-40-35-34-38-45-52-65(7)10-3)62-87-91(80,81)85-58-66(73)57-84-90(78,79)86-61-67(59-82-69(74)53-46-39-31-26-23-22-25-30-37-44-51-64(6)9-2)88-72(77)56-49-42-33-28-21-18-17-19-24-29-36-43-50-63(4)5/h63-68,73H,8-62H2,1-7H3,(H,78,79)(H,80,81)/t64?,65?,66-,67-,68-/m1/s1. The number of hydrogen-bond donors (Lipinski definition) is 3. The quantitative estimate of drug-likeness (QED) is 0.0222. The molecule has 0 rings (SSSR count). The molecule has 0 aliphatic carbocycles. The van der Waals surface area contributed by atoms with Crippen LogP contribution in [-0.2, 0) is 65.4 Å². The molecule has 0 aromatic rings. The Hall–Kier alpha value is -1.94. The van der Waals surface area contributed by atoms with Gasteiger partial charge >= 0.3 is 39.5 Å². The van der Waals surface area contributed by atoms with Crippen molar-refractivity contribution in [3.05, 3.63) is 0 Å².